The van der Waals surface area contributed by atoms with Crippen LogP contribution in [0.3, 0.4) is 0 Å². The van der Waals surface area contributed by atoms with Crippen LogP contribution in [0.15, 0.2) is 24.3 Å². The number of ether oxygens (including phenoxy) is 2. The number of hydrogen-bond acceptors (Lipinski definition) is 8. The van der Waals surface area contributed by atoms with Crippen LogP contribution in [0.2, 0.25) is 0 Å². The van der Waals surface area contributed by atoms with E-state index in [1.807, 2.05) is 6.08 Å². The molecule has 1 rings (SSSR count). The van der Waals surface area contributed by atoms with Gasteiger partial charge in [-0.15, -0.1) is 0 Å². The fourth-order valence-electron chi connectivity index (χ4n) is 7.82. The predicted molar refractivity (Wildman–Crippen MR) is 240 cm³/mol. The van der Waals surface area contributed by atoms with Crippen LogP contribution < -0.4 is 5.32 Å². The Hall–Kier alpha value is -1.33. The molecule has 58 heavy (non-hydrogen) atoms. The molecule has 6 N–H and O–H groups in total. The predicted octanol–water partition coefficient (Wildman–Crippen LogP) is 10.7. The SMILES string of the molecule is CCCCCCCCCCCCCCCCCCCC/C=C/CC/C=C/C(O)C(COC1OC(CO)C(O)C(O)C1O)NC(=O)CCCCCCCCCCCCC. The molecule has 0 saturated carbocycles. The summed E-state index contributed by atoms with van der Waals surface area (Å²) in [5.74, 6) is -0.187. The first-order valence-corrected chi connectivity index (χ1v) is 24.6. The van der Waals surface area contributed by atoms with E-state index in [2.05, 4.69) is 31.3 Å². The average molecular weight is 824 g/mol. The first-order valence-electron chi connectivity index (χ1n) is 24.6. The van der Waals surface area contributed by atoms with Crippen LogP contribution in [0.4, 0.5) is 0 Å². The van der Waals surface area contributed by atoms with Gasteiger partial charge < -0.3 is 40.3 Å². The minimum Gasteiger partial charge on any atom is -0.394 e. The highest BCUT2D eigenvalue weighted by atomic mass is 16.7. The lowest BCUT2D eigenvalue weighted by Gasteiger charge is -2.40. The van der Waals surface area contributed by atoms with E-state index in [4.69, 9.17) is 9.47 Å². The molecule has 0 bridgehead atoms. The monoisotopic (exact) mass is 824 g/mol. The second-order valence-corrected chi connectivity index (χ2v) is 17.3. The fraction of sp³-hybridized carbons (Fsp3) is 0.898. The van der Waals surface area contributed by atoms with Crippen LogP contribution in [-0.4, -0.2) is 87.5 Å². The van der Waals surface area contributed by atoms with Crippen molar-refractivity contribution in [2.45, 2.75) is 269 Å². The maximum atomic E-state index is 12.9. The van der Waals surface area contributed by atoms with Crippen molar-refractivity contribution < 1.29 is 39.8 Å². The van der Waals surface area contributed by atoms with Crippen molar-refractivity contribution >= 4 is 5.91 Å². The van der Waals surface area contributed by atoms with E-state index >= 15 is 0 Å². The van der Waals surface area contributed by atoms with Gasteiger partial charge in [-0.05, 0) is 32.1 Å². The van der Waals surface area contributed by atoms with Crippen LogP contribution in [0, 0.1) is 0 Å². The molecule has 1 amide bonds. The molecule has 1 aliphatic heterocycles. The van der Waals surface area contributed by atoms with E-state index < -0.39 is 49.5 Å². The molecule has 7 unspecified atom stereocenters. The maximum Gasteiger partial charge on any atom is 0.220 e. The van der Waals surface area contributed by atoms with E-state index in [1.54, 1.807) is 6.08 Å². The van der Waals surface area contributed by atoms with Crippen molar-refractivity contribution in [2.24, 2.45) is 0 Å². The second kappa shape index (κ2) is 39.8. The second-order valence-electron chi connectivity index (χ2n) is 17.3. The Bertz CT molecular complexity index is 961. The molecule has 0 radical (unpaired) electrons. The van der Waals surface area contributed by atoms with E-state index in [-0.39, 0.29) is 12.5 Å². The number of carbonyl (C=O) groups is 1. The number of carbonyl (C=O) groups excluding carboxylic acids is 1. The van der Waals surface area contributed by atoms with Gasteiger partial charge in [0.2, 0.25) is 5.91 Å². The molecule has 7 atom stereocenters. The summed E-state index contributed by atoms with van der Waals surface area (Å²) in [4.78, 5) is 12.9. The van der Waals surface area contributed by atoms with E-state index in [0.29, 0.717) is 6.42 Å². The lowest BCUT2D eigenvalue weighted by Crippen LogP contribution is -2.60. The van der Waals surface area contributed by atoms with Gasteiger partial charge in [-0.1, -0.05) is 212 Å². The Balaban J connectivity index is 2.29. The van der Waals surface area contributed by atoms with E-state index in [1.165, 1.54) is 167 Å². The van der Waals surface area contributed by atoms with E-state index in [0.717, 1.165) is 38.5 Å². The number of unbranched alkanes of at least 4 members (excludes halogenated alkanes) is 29. The molecule has 1 fully saturated rings. The van der Waals surface area contributed by atoms with Crippen molar-refractivity contribution in [3.8, 4) is 0 Å². The summed E-state index contributed by atoms with van der Waals surface area (Å²) >= 11 is 0. The molecular formula is C49H93NO8. The van der Waals surface area contributed by atoms with Gasteiger partial charge in [0.05, 0.1) is 25.4 Å². The van der Waals surface area contributed by atoms with Crippen LogP contribution in [0.5, 0.6) is 0 Å². The number of aliphatic hydroxyl groups excluding tert-OH is 5. The fourth-order valence-corrected chi connectivity index (χ4v) is 7.82. The van der Waals surface area contributed by atoms with Crippen molar-refractivity contribution in [1.82, 2.24) is 5.32 Å². The van der Waals surface area contributed by atoms with Gasteiger partial charge in [-0.25, -0.2) is 0 Å². The smallest absolute Gasteiger partial charge is 0.220 e. The third-order valence-electron chi connectivity index (χ3n) is 11.8. The molecule has 0 aromatic rings. The molecule has 0 aromatic carbocycles. The van der Waals surface area contributed by atoms with Crippen LogP contribution in [0.1, 0.15) is 226 Å². The quantitative estimate of drug-likeness (QED) is 0.0264. The number of hydrogen-bond donors (Lipinski definition) is 6. The highest BCUT2D eigenvalue weighted by Crippen LogP contribution is 2.23. The van der Waals surface area contributed by atoms with Crippen molar-refractivity contribution in [2.75, 3.05) is 13.2 Å². The molecule has 1 saturated heterocycles. The van der Waals surface area contributed by atoms with Crippen LogP contribution in [0.25, 0.3) is 0 Å². The highest BCUT2D eigenvalue weighted by molar-refractivity contribution is 5.76. The summed E-state index contributed by atoms with van der Waals surface area (Å²) in [5, 5.41) is 54.2. The Kier molecular flexibility index (Phi) is 37.5. The van der Waals surface area contributed by atoms with Crippen molar-refractivity contribution in [1.29, 1.82) is 0 Å². The summed E-state index contributed by atoms with van der Waals surface area (Å²) in [7, 11) is 0. The largest absolute Gasteiger partial charge is 0.394 e. The van der Waals surface area contributed by atoms with E-state index in [9.17, 15) is 30.3 Å². The summed E-state index contributed by atoms with van der Waals surface area (Å²) < 4.78 is 11.2. The average Bonchev–Trinajstić information content (AvgIpc) is 3.22. The van der Waals surface area contributed by atoms with Crippen LogP contribution in [-0.2, 0) is 14.3 Å². The summed E-state index contributed by atoms with van der Waals surface area (Å²) in [5.41, 5.74) is 0. The minimum absolute atomic E-state index is 0.187. The first-order chi connectivity index (χ1) is 28.3. The lowest BCUT2D eigenvalue weighted by molar-refractivity contribution is -0.302. The number of allylic oxidation sites excluding steroid dienone is 3. The molecule has 9 nitrogen and oxygen atoms in total. The molecule has 9 heteroatoms. The Labute approximate surface area is 356 Å². The van der Waals surface area contributed by atoms with Gasteiger partial charge in [0.1, 0.15) is 24.4 Å². The number of aliphatic hydroxyl groups is 5. The Morgan fingerprint density at radius 3 is 1.45 bits per heavy atom. The molecular weight excluding hydrogens is 731 g/mol. The zero-order valence-corrected chi connectivity index (χ0v) is 37.6. The van der Waals surface area contributed by atoms with Gasteiger partial charge >= 0.3 is 0 Å². The van der Waals surface area contributed by atoms with Gasteiger partial charge in [0.25, 0.3) is 0 Å². The van der Waals surface area contributed by atoms with Gasteiger partial charge in [0.15, 0.2) is 6.29 Å². The molecule has 0 aliphatic carbocycles. The minimum atomic E-state index is -1.57. The normalized spacial score (nSPS) is 21.0. The topological polar surface area (TPSA) is 149 Å². The molecule has 342 valence electrons. The third-order valence-corrected chi connectivity index (χ3v) is 11.8. The number of rotatable bonds is 41. The van der Waals surface area contributed by atoms with Crippen molar-refractivity contribution in [3.63, 3.8) is 0 Å². The molecule has 1 heterocycles. The first kappa shape index (κ1) is 54.7. The molecule has 1 aliphatic rings. The Morgan fingerprint density at radius 2 is 0.983 bits per heavy atom. The molecule has 0 aromatic heterocycles. The zero-order valence-electron chi connectivity index (χ0n) is 37.6. The van der Waals surface area contributed by atoms with Crippen LogP contribution >= 0.6 is 0 Å². The van der Waals surface area contributed by atoms with Gasteiger partial charge in [-0.2, -0.15) is 0 Å². The number of amides is 1. The number of nitrogens with one attached hydrogen (secondary N) is 1. The highest BCUT2D eigenvalue weighted by Gasteiger charge is 2.44. The molecule has 0 spiro atoms. The van der Waals surface area contributed by atoms with Gasteiger partial charge in [0, 0.05) is 6.42 Å². The Morgan fingerprint density at radius 1 is 0.569 bits per heavy atom. The summed E-state index contributed by atoms with van der Waals surface area (Å²) in [6.45, 7) is 3.76. The summed E-state index contributed by atoms with van der Waals surface area (Å²) in [6, 6.07) is -0.816. The van der Waals surface area contributed by atoms with Gasteiger partial charge in [-0.3, -0.25) is 4.79 Å². The third kappa shape index (κ3) is 29.8. The maximum absolute atomic E-state index is 12.9. The van der Waals surface area contributed by atoms with Crippen molar-refractivity contribution in [3.05, 3.63) is 24.3 Å². The zero-order chi connectivity index (χ0) is 42.3. The standard InChI is InChI=1S/C49H93NO8/c1-3-5-7-9-11-13-15-16-17-18-19-20-21-22-23-24-25-26-27-29-30-32-34-36-38-43(52)42(41-57-49-48(56)47(55)46(54)44(40-51)58-49)50-45(53)39-37-35-33-31-28-14-12-10-8-6-4-2/h29-30,36,38,42-44,46-49,51-52,54-56H,3-28,31-35,37,39-41H2,1-2H3,(H,50,53)/b30-29+,38-36+. The lowest BCUT2D eigenvalue weighted by atomic mass is 9.99. The summed E-state index contributed by atoms with van der Waals surface area (Å²) in [6.07, 6.45) is 41.0.